The number of halogens is 3. The van der Waals surface area contributed by atoms with Gasteiger partial charge in [-0.05, 0) is 73.6 Å². The van der Waals surface area contributed by atoms with Gasteiger partial charge in [-0.3, -0.25) is 9.10 Å². The number of alkyl halides is 3. The second-order valence-corrected chi connectivity index (χ2v) is 11.2. The van der Waals surface area contributed by atoms with Crippen molar-refractivity contribution in [2.45, 2.75) is 51.2 Å². The van der Waals surface area contributed by atoms with Crippen molar-refractivity contribution < 1.29 is 18.0 Å². The summed E-state index contributed by atoms with van der Waals surface area (Å²) >= 11 is 1.89. The first-order valence-corrected chi connectivity index (χ1v) is 13.7. The first kappa shape index (κ1) is 25.2. The lowest BCUT2D eigenvalue weighted by Crippen LogP contribution is -2.36. The SMILES string of the molecule is CCSN1CCC(CNC(=O)c2ccc3c(c2)cc(Cc2ccc(C(F)(F)F)cc2)n3C2CC2)CC1. The van der Waals surface area contributed by atoms with E-state index in [1.54, 1.807) is 12.1 Å². The molecular formula is C28H32F3N3OS. The molecule has 2 aromatic carbocycles. The minimum atomic E-state index is -4.33. The van der Waals surface area contributed by atoms with E-state index in [0.717, 1.165) is 78.8 Å². The van der Waals surface area contributed by atoms with Crippen LogP contribution in [-0.4, -0.2) is 40.2 Å². The topological polar surface area (TPSA) is 37.3 Å². The van der Waals surface area contributed by atoms with Crippen LogP contribution in [0, 0.1) is 5.92 Å². The third-order valence-corrected chi connectivity index (χ3v) is 8.18. The van der Waals surface area contributed by atoms with E-state index in [1.807, 2.05) is 30.1 Å². The minimum Gasteiger partial charge on any atom is -0.352 e. The highest BCUT2D eigenvalue weighted by Gasteiger charge is 2.30. The first-order valence-electron chi connectivity index (χ1n) is 12.8. The first-order chi connectivity index (χ1) is 17.3. The van der Waals surface area contributed by atoms with Crippen molar-refractivity contribution in [3.63, 3.8) is 0 Å². The summed E-state index contributed by atoms with van der Waals surface area (Å²) in [6.45, 7) is 5.01. The summed E-state index contributed by atoms with van der Waals surface area (Å²) in [5.74, 6) is 1.56. The highest BCUT2D eigenvalue weighted by atomic mass is 32.2. The number of rotatable bonds is 8. The molecule has 3 aromatic rings. The van der Waals surface area contributed by atoms with Crippen molar-refractivity contribution in [1.29, 1.82) is 0 Å². The maximum atomic E-state index is 12.9. The van der Waals surface area contributed by atoms with Crippen molar-refractivity contribution in [2.75, 3.05) is 25.4 Å². The Bertz CT molecular complexity index is 1210. The number of piperidine rings is 1. The number of hydrogen-bond acceptors (Lipinski definition) is 3. The fourth-order valence-electron chi connectivity index (χ4n) is 5.12. The molecule has 5 rings (SSSR count). The summed E-state index contributed by atoms with van der Waals surface area (Å²) in [5, 5.41) is 4.13. The van der Waals surface area contributed by atoms with Crippen molar-refractivity contribution in [1.82, 2.24) is 14.2 Å². The van der Waals surface area contributed by atoms with E-state index >= 15 is 0 Å². The zero-order valence-electron chi connectivity index (χ0n) is 20.5. The van der Waals surface area contributed by atoms with Crippen LogP contribution in [-0.2, 0) is 12.6 Å². The predicted octanol–water partition coefficient (Wildman–Crippen LogP) is 6.70. The zero-order valence-corrected chi connectivity index (χ0v) is 21.3. The molecule has 2 fully saturated rings. The van der Waals surface area contributed by atoms with Gasteiger partial charge in [-0.25, -0.2) is 0 Å². The van der Waals surface area contributed by atoms with Gasteiger partial charge >= 0.3 is 6.18 Å². The summed E-state index contributed by atoms with van der Waals surface area (Å²) in [7, 11) is 0. The van der Waals surface area contributed by atoms with E-state index in [-0.39, 0.29) is 5.91 Å². The average molecular weight is 516 g/mol. The lowest BCUT2D eigenvalue weighted by Gasteiger charge is -2.30. The molecule has 36 heavy (non-hydrogen) atoms. The molecule has 0 spiro atoms. The van der Waals surface area contributed by atoms with Gasteiger partial charge in [-0.15, -0.1) is 0 Å². The van der Waals surface area contributed by atoms with E-state index in [2.05, 4.69) is 27.2 Å². The Hall–Kier alpha value is -2.45. The molecule has 8 heteroatoms. The number of carbonyl (C=O) groups is 1. The van der Waals surface area contributed by atoms with Crippen LogP contribution in [0.15, 0.2) is 48.5 Å². The standard InChI is InChI=1S/C28H32F3N3OS/c1-2-36-33-13-11-20(12-14-33)18-32-27(35)21-5-10-26-22(16-21)17-25(34(26)24-8-9-24)15-19-3-6-23(7-4-19)28(29,30)31/h3-7,10,16-17,20,24H,2,8-9,11-15,18H2,1H3,(H,32,35). The Morgan fingerprint density at radius 1 is 1.03 bits per heavy atom. The van der Waals surface area contributed by atoms with Crippen LogP contribution >= 0.6 is 11.9 Å². The summed E-state index contributed by atoms with van der Waals surface area (Å²) in [4.78, 5) is 12.9. The molecule has 0 atom stereocenters. The van der Waals surface area contributed by atoms with Crippen LogP contribution in [0.4, 0.5) is 13.2 Å². The van der Waals surface area contributed by atoms with Crippen molar-refractivity contribution in [3.8, 4) is 0 Å². The molecule has 192 valence electrons. The van der Waals surface area contributed by atoms with Crippen LogP contribution in [0.1, 0.15) is 65.8 Å². The average Bonchev–Trinajstić information content (AvgIpc) is 3.63. The van der Waals surface area contributed by atoms with E-state index in [9.17, 15) is 18.0 Å². The molecule has 1 aromatic heterocycles. The Kier molecular flexibility index (Phi) is 7.35. The van der Waals surface area contributed by atoms with Gasteiger partial charge < -0.3 is 9.88 Å². The molecule has 2 aliphatic rings. The Balaban J connectivity index is 1.28. The van der Waals surface area contributed by atoms with E-state index in [1.165, 1.54) is 0 Å². The van der Waals surface area contributed by atoms with Gasteiger partial charge in [-0.2, -0.15) is 13.2 Å². The highest BCUT2D eigenvalue weighted by Crippen LogP contribution is 2.40. The number of nitrogens with one attached hydrogen (secondary N) is 1. The van der Waals surface area contributed by atoms with Crippen LogP contribution < -0.4 is 5.32 Å². The second-order valence-electron chi connectivity index (χ2n) is 9.88. The summed E-state index contributed by atoms with van der Waals surface area (Å²) in [6, 6.07) is 13.8. The minimum absolute atomic E-state index is 0.0503. The maximum absolute atomic E-state index is 12.9. The smallest absolute Gasteiger partial charge is 0.352 e. The number of nitrogens with zero attached hydrogens (tertiary/aromatic N) is 2. The van der Waals surface area contributed by atoms with Crippen LogP contribution in [0.2, 0.25) is 0 Å². The second kappa shape index (κ2) is 10.5. The lowest BCUT2D eigenvalue weighted by atomic mass is 9.98. The third kappa shape index (κ3) is 5.75. The van der Waals surface area contributed by atoms with Gasteiger partial charge in [0, 0.05) is 60.0 Å². The molecule has 2 heterocycles. The fraction of sp³-hybridized carbons (Fsp3) is 0.464. The molecule has 4 nitrogen and oxygen atoms in total. The quantitative estimate of drug-likeness (QED) is 0.340. The van der Waals surface area contributed by atoms with Crippen LogP contribution in [0.3, 0.4) is 0 Å². The van der Waals surface area contributed by atoms with Gasteiger partial charge in [0.1, 0.15) is 0 Å². The summed E-state index contributed by atoms with van der Waals surface area (Å²) < 4.78 is 43.5. The van der Waals surface area contributed by atoms with Gasteiger partial charge in [0.2, 0.25) is 0 Å². The molecule has 1 aliphatic heterocycles. The Morgan fingerprint density at radius 2 is 1.75 bits per heavy atom. The molecule has 1 saturated heterocycles. The Morgan fingerprint density at radius 3 is 2.39 bits per heavy atom. The van der Waals surface area contributed by atoms with E-state index in [4.69, 9.17) is 0 Å². The van der Waals surface area contributed by atoms with E-state index < -0.39 is 11.7 Å². The number of amides is 1. The number of fused-ring (bicyclic) bond motifs is 1. The molecule has 1 amide bonds. The zero-order chi connectivity index (χ0) is 25.3. The fourth-order valence-corrected chi connectivity index (χ4v) is 5.95. The van der Waals surface area contributed by atoms with Crippen molar-refractivity contribution >= 4 is 28.8 Å². The number of carbonyl (C=O) groups excluding carboxylic acids is 1. The van der Waals surface area contributed by atoms with Gasteiger partial charge in [0.25, 0.3) is 5.91 Å². The molecule has 0 radical (unpaired) electrons. The third-order valence-electron chi connectivity index (χ3n) is 7.20. The number of hydrogen-bond donors (Lipinski definition) is 1. The van der Waals surface area contributed by atoms with Crippen LogP contribution in [0.25, 0.3) is 10.9 Å². The Labute approximate surface area is 214 Å². The largest absolute Gasteiger partial charge is 0.416 e. The molecule has 0 bridgehead atoms. The van der Waals surface area contributed by atoms with Crippen molar-refractivity contribution in [3.05, 3.63) is 70.9 Å². The summed E-state index contributed by atoms with van der Waals surface area (Å²) in [5.41, 5.74) is 3.01. The molecule has 0 unspecified atom stereocenters. The van der Waals surface area contributed by atoms with Gasteiger partial charge in [0.15, 0.2) is 0 Å². The molecular weight excluding hydrogens is 483 g/mol. The van der Waals surface area contributed by atoms with Crippen LogP contribution in [0.5, 0.6) is 0 Å². The maximum Gasteiger partial charge on any atom is 0.416 e. The molecule has 1 aliphatic carbocycles. The molecule has 1 N–H and O–H groups in total. The molecule has 1 saturated carbocycles. The van der Waals surface area contributed by atoms with Gasteiger partial charge in [-0.1, -0.05) is 31.0 Å². The predicted molar refractivity (Wildman–Crippen MR) is 139 cm³/mol. The normalized spacial score (nSPS) is 17.6. The van der Waals surface area contributed by atoms with Gasteiger partial charge in [0.05, 0.1) is 5.56 Å². The number of benzene rings is 2. The van der Waals surface area contributed by atoms with Crippen molar-refractivity contribution in [2.24, 2.45) is 5.92 Å². The van der Waals surface area contributed by atoms with E-state index in [0.29, 0.717) is 30.5 Å². The summed E-state index contributed by atoms with van der Waals surface area (Å²) in [6.07, 6.45) is 0.626. The lowest BCUT2D eigenvalue weighted by molar-refractivity contribution is -0.137. The monoisotopic (exact) mass is 515 g/mol. The number of aromatic nitrogens is 1. The highest BCUT2D eigenvalue weighted by molar-refractivity contribution is 7.96.